The third-order valence-electron chi connectivity index (χ3n) is 8.04. The molecule has 0 amide bonds. The predicted octanol–water partition coefficient (Wildman–Crippen LogP) is 11.4. The zero-order valence-electron chi connectivity index (χ0n) is 22.3. The van der Waals surface area contributed by atoms with Crippen molar-refractivity contribution in [3.05, 3.63) is 158 Å². The van der Waals surface area contributed by atoms with Gasteiger partial charge in [0.2, 0.25) is 0 Å². The maximum atomic E-state index is 4.15. The Bertz CT molecular complexity index is 2030. The summed E-state index contributed by atoms with van der Waals surface area (Å²) in [5.41, 5.74) is 9.55. The van der Waals surface area contributed by atoms with Gasteiger partial charge in [-0.15, -0.1) is 0 Å². The first kappa shape index (κ1) is 23.9. The van der Waals surface area contributed by atoms with Crippen LogP contribution in [-0.2, 0) is 0 Å². The summed E-state index contributed by atoms with van der Waals surface area (Å²) in [4.78, 5) is 0. The molecule has 0 heterocycles. The van der Waals surface area contributed by atoms with Crippen LogP contribution in [0.15, 0.2) is 147 Å². The van der Waals surface area contributed by atoms with Crippen LogP contribution < -0.4 is 0 Å². The predicted molar refractivity (Wildman–Crippen MR) is 175 cm³/mol. The maximum Gasteiger partial charge on any atom is -0.00201 e. The molecule has 40 heavy (non-hydrogen) atoms. The monoisotopic (exact) mass is 508 g/mol. The standard InChI is InChI=1S/C40H28/c1-3-27-16-13-25-31(29(27)4-2)32-19-7-8-20-34(32)40-37-23-11-9-21-35(37)39(36-22-10-12-24-38(36)40)33-26-14-17-28-15-5-6-18-30(28)33/h3-26H,1-2H2. The van der Waals surface area contributed by atoms with E-state index in [-0.39, 0.29) is 0 Å². The Hall–Kier alpha value is -5.20. The molecule has 0 saturated carbocycles. The first-order valence-electron chi connectivity index (χ1n) is 13.7. The molecule has 0 unspecified atom stereocenters. The summed E-state index contributed by atoms with van der Waals surface area (Å²) < 4.78 is 0. The van der Waals surface area contributed by atoms with E-state index in [0.717, 1.165) is 16.7 Å². The molecule has 0 aliphatic carbocycles. The van der Waals surface area contributed by atoms with Crippen LogP contribution in [0.4, 0.5) is 0 Å². The zero-order valence-corrected chi connectivity index (χ0v) is 22.3. The highest BCUT2D eigenvalue weighted by molar-refractivity contribution is 6.24. The molecule has 0 atom stereocenters. The molecule has 0 aliphatic rings. The van der Waals surface area contributed by atoms with Gasteiger partial charge in [-0.1, -0.05) is 159 Å². The highest BCUT2D eigenvalue weighted by Crippen LogP contribution is 2.47. The van der Waals surface area contributed by atoms with Crippen LogP contribution in [0.3, 0.4) is 0 Å². The molecule has 0 fully saturated rings. The highest BCUT2D eigenvalue weighted by Gasteiger charge is 2.20. The molecule has 7 rings (SSSR count). The molecule has 7 aromatic carbocycles. The molecule has 0 aliphatic heterocycles. The Balaban J connectivity index is 1.63. The van der Waals surface area contributed by atoms with Gasteiger partial charge in [-0.05, 0) is 76.8 Å². The fourth-order valence-corrected chi connectivity index (χ4v) is 6.31. The molecule has 0 spiro atoms. The summed E-state index contributed by atoms with van der Waals surface area (Å²) in [5, 5.41) is 7.53. The van der Waals surface area contributed by atoms with Crippen LogP contribution in [0.1, 0.15) is 11.1 Å². The van der Waals surface area contributed by atoms with Crippen molar-refractivity contribution in [3.63, 3.8) is 0 Å². The number of hydrogen-bond donors (Lipinski definition) is 0. The van der Waals surface area contributed by atoms with Crippen molar-refractivity contribution in [3.8, 4) is 33.4 Å². The van der Waals surface area contributed by atoms with Crippen molar-refractivity contribution in [2.45, 2.75) is 0 Å². The summed E-state index contributed by atoms with van der Waals surface area (Å²) in [5.74, 6) is 0. The van der Waals surface area contributed by atoms with E-state index in [0.29, 0.717) is 0 Å². The van der Waals surface area contributed by atoms with Crippen LogP contribution in [-0.4, -0.2) is 0 Å². The largest absolute Gasteiger partial charge is 0.0984 e. The summed E-state index contributed by atoms with van der Waals surface area (Å²) in [7, 11) is 0. The topological polar surface area (TPSA) is 0 Å². The quantitative estimate of drug-likeness (QED) is 0.203. The van der Waals surface area contributed by atoms with Crippen molar-refractivity contribution in [2.24, 2.45) is 0 Å². The minimum atomic E-state index is 1.09. The lowest BCUT2D eigenvalue weighted by Gasteiger charge is -2.21. The molecule has 0 saturated heterocycles. The Morgan fingerprint density at radius 2 is 0.800 bits per heavy atom. The van der Waals surface area contributed by atoms with E-state index in [9.17, 15) is 0 Å². The molecule has 0 aromatic heterocycles. The maximum absolute atomic E-state index is 4.15. The van der Waals surface area contributed by atoms with Gasteiger partial charge in [0.15, 0.2) is 0 Å². The van der Waals surface area contributed by atoms with Gasteiger partial charge in [-0.2, -0.15) is 0 Å². The number of benzene rings is 7. The van der Waals surface area contributed by atoms with Gasteiger partial charge in [0.05, 0.1) is 0 Å². The average Bonchev–Trinajstić information content (AvgIpc) is 3.03. The van der Waals surface area contributed by atoms with Crippen LogP contribution in [0.2, 0.25) is 0 Å². The Morgan fingerprint density at radius 1 is 0.350 bits per heavy atom. The third-order valence-corrected chi connectivity index (χ3v) is 8.04. The van der Waals surface area contributed by atoms with E-state index < -0.39 is 0 Å². The average molecular weight is 509 g/mol. The van der Waals surface area contributed by atoms with Crippen molar-refractivity contribution < 1.29 is 0 Å². The molecule has 0 bridgehead atoms. The smallest absolute Gasteiger partial charge is 0.00201 e. The van der Waals surface area contributed by atoms with Gasteiger partial charge in [0, 0.05) is 0 Å². The number of hydrogen-bond acceptors (Lipinski definition) is 0. The minimum Gasteiger partial charge on any atom is -0.0984 e. The molecule has 0 nitrogen and oxygen atoms in total. The summed E-state index contributed by atoms with van der Waals surface area (Å²) in [6.45, 7) is 8.20. The molecule has 0 heteroatoms. The van der Waals surface area contributed by atoms with Crippen LogP contribution >= 0.6 is 0 Å². The Kier molecular flexibility index (Phi) is 5.87. The van der Waals surface area contributed by atoms with Gasteiger partial charge in [-0.3, -0.25) is 0 Å². The van der Waals surface area contributed by atoms with E-state index >= 15 is 0 Å². The van der Waals surface area contributed by atoms with E-state index in [2.05, 4.69) is 147 Å². The number of rotatable bonds is 5. The van der Waals surface area contributed by atoms with Gasteiger partial charge >= 0.3 is 0 Å². The normalized spacial score (nSPS) is 11.2. The van der Waals surface area contributed by atoms with Gasteiger partial charge < -0.3 is 0 Å². The zero-order chi connectivity index (χ0) is 27.1. The molecule has 0 radical (unpaired) electrons. The fraction of sp³-hybridized carbons (Fsp3) is 0. The lowest BCUT2D eigenvalue weighted by Crippen LogP contribution is -1.94. The lowest BCUT2D eigenvalue weighted by atomic mass is 9.82. The summed E-state index contributed by atoms with van der Waals surface area (Å²) >= 11 is 0. The van der Waals surface area contributed by atoms with Gasteiger partial charge in [-0.25, -0.2) is 0 Å². The van der Waals surface area contributed by atoms with Crippen molar-refractivity contribution in [1.29, 1.82) is 0 Å². The Labute approximate surface area is 235 Å². The summed E-state index contributed by atoms with van der Waals surface area (Å²) in [6.07, 6.45) is 3.86. The van der Waals surface area contributed by atoms with E-state index in [1.807, 2.05) is 12.2 Å². The highest BCUT2D eigenvalue weighted by atomic mass is 14.2. The van der Waals surface area contributed by atoms with E-state index in [4.69, 9.17) is 0 Å². The second-order valence-electron chi connectivity index (χ2n) is 10.1. The third kappa shape index (κ3) is 3.69. The minimum absolute atomic E-state index is 1.09. The van der Waals surface area contributed by atoms with E-state index in [1.54, 1.807) is 0 Å². The SMILES string of the molecule is C=Cc1cccc(-c2ccccc2-c2c3ccccc3c(-c3cccc4ccccc34)c3ccccc23)c1C=C. The Morgan fingerprint density at radius 3 is 1.43 bits per heavy atom. The van der Waals surface area contributed by atoms with Crippen molar-refractivity contribution >= 4 is 44.5 Å². The van der Waals surface area contributed by atoms with Crippen LogP contribution in [0.5, 0.6) is 0 Å². The molecule has 7 aromatic rings. The molecular formula is C40H28. The van der Waals surface area contributed by atoms with Crippen molar-refractivity contribution in [1.82, 2.24) is 0 Å². The molecular weight excluding hydrogens is 480 g/mol. The first-order valence-corrected chi connectivity index (χ1v) is 13.7. The summed E-state index contributed by atoms with van der Waals surface area (Å²) in [6, 6.07) is 48.2. The van der Waals surface area contributed by atoms with E-state index in [1.165, 1.54) is 60.1 Å². The fourth-order valence-electron chi connectivity index (χ4n) is 6.31. The number of fused-ring (bicyclic) bond motifs is 3. The van der Waals surface area contributed by atoms with Crippen LogP contribution in [0, 0.1) is 0 Å². The second-order valence-corrected chi connectivity index (χ2v) is 10.1. The van der Waals surface area contributed by atoms with Gasteiger partial charge in [0.1, 0.15) is 0 Å². The van der Waals surface area contributed by atoms with Gasteiger partial charge in [0.25, 0.3) is 0 Å². The molecule has 0 N–H and O–H groups in total. The lowest BCUT2D eigenvalue weighted by molar-refractivity contribution is 1.56. The van der Waals surface area contributed by atoms with Crippen LogP contribution in [0.25, 0.3) is 77.9 Å². The molecule has 188 valence electrons. The first-order chi connectivity index (χ1) is 19.8. The van der Waals surface area contributed by atoms with Crippen molar-refractivity contribution in [2.75, 3.05) is 0 Å². The second kappa shape index (κ2) is 9.84.